The average molecular weight is 483 g/mol. The van der Waals surface area contributed by atoms with Gasteiger partial charge in [-0.2, -0.15) is 0 Å². The highest BCUT2D eigenvalue weighted by Crippen LogP contribution is 2.53. The minimum atomic E-state index is -2.63. The van der Waals surface area contributed by atoms with Crippen LogP contribution in [0.1, 0.15) is 61.2 Å². The molecule has 0 spiro atoms. The second-order valence-corrected chi connectivity index (χ2v) is 10.8. The molecule has 2 saturated carbocycles. The summed E-state index contributed by atoms with van der Waals surface area (Å²) in [6.07, 6.45) is 0.240. The normalized spacial score (nSPS) is 32.3. The monoisotopic (exact) mass is 482 g/mol. The molecule has 3 aliphatic carbocycles. The maximum atomic E-state index is 13.8. The van der Waals surface area contributed by atoms with E-state index in [9.17, 15) is 39.0 Å². The maximum absolute atomic E-state index is 13.8. The van der Waals surface area contributed by atoms with Crippen LogP contribution >= 0.6 is 0 Å². The number of benzene rings is 1. The molecule has 0 amide bonds. The molecule has 0 aromatic heterocycles. The highest BCUT2D eigenvalue weighted by atomic mass is 16.3. The topological polar surface area (TPSA) is 143 Å². The smallest absolute Gasteiger partial charge is 0.190 e. The van der Waals surface area contributed by atoms with Crippen LogP contribution < -0.4 is 0 Å². The second-order valence-electron chi connectivity index (χ2n) is 10.8. The van der Waals surface area contributed by atoms with Gasteiger partial charge >= 0.3 is 0 Å². The standard InChI is InChI=1S/C27H30O8/c1-10(2)18-17-9-14-8-16-11(3)6-15(7-12(4)28)22(30)21(16)24(32)20(14)26(34)27(17,35)25(33)19(13(5)29)23(18)31/h6,10,14,17-20,30,35H,7-9H2,1-5H3/t14?,17?,18?,19?,20?,27-/m0/s1. The Hall–Kier alpha value is -3.00. The summed E-state index contributed by atoms with van der Waals surface area (Å²) in [5.74, 6) is -10.7. The lowest BCUT2D eigenvalue weighted by molar-refractivity contribution is -0.182. The summed E-state index contributed by atoms with van der Waals surface area (Å²) in [6, 6.07) is 1.66. The fourth-order valence-corrected chi connectivity index (χ4v) is 6.70. The molecule has 5 unspecified atom stereocenters. The van der Waals surface area contributed by atoms with Gasteiger partial charge in [0.25, 0.3) is 0 Å². The zero-order valence-corrected chi connectivity index (χ0v) is 20.5. The molecular formula is C27H30O8. The van der Waals surface area contributed by atoms with E-state index in [1.807, 2.05) is 0 Å². The van der Waals surface area contributed by atoms with Crippen LogP contribution in [0.2, 0.25) is 0 Å². The highest BCUT2D eigenvalue weighted by molar-refractivity contribution is 6.32. The van der Waals surface area contributed by atoms with Gasteiger partial charge in [-0.25, -0.2) is 0 Å². The molecule has 0 saturated heterocycles. The number of aromatic hydroxyl groups is 1. The third-order valence-corrected chi connectivity index (χ3v) is 8.18. The highest BCUT2D eigenvalue weighted by Gasteiger charge is 2.68. The van der Waals surface area contributed by atoms with Crippen molar-refractivity contribution in [2.45, 2.75) is 59.5 Å². The van der Waals surface area contributed by atoms with E-state index in [2.05, 4.69) is 0 Å². The van der Waals surface area contributed by atoms with E-state index in [4.69, 9.17) is 0 Å². The number of ketones is 6. The lowest BCUT2D eigenvalue weighted by Crippen LogP contribution is -2.70. The minimum Gasteiger partial charge on any atom is -0.507 e. The number of phenolic OH excluding ortho intramolecular Hbond substituents is 1. The van der Waals surface area contributed by atoms with Crippen LogP contribution in [-0.2, 0) is 36.8 Å². The van der Waals surface area contributed by atoms with E-state index in [0.717, 1.165) is 6.92 Å². The molecule has 0 radical (unpaired) electrons. The third-order valence-electron chi connectivity index (χ3n) is 8.18. The molecule has 1 aromatic carbocycles. The number of rotatable bonds is 4. The van der Waals surface area contributed by atoms with Crippen molar-refractivity contribution in [3.05, 3.63) is 28.3 Å². The lowest BCUT2D eigenvalue weighted by Gasteiger charge is -2.52. The molecule has 35 heavy (non-hydrogen) atoms. The fourth-order valence-electron chi connectivity index (χ4n) is 6.70. The van der Waals surface area contributed by atoms with E-state index in [-0.39, 0.29) is 47.8 Å². The molecule has 2 N–H and O–H groups in total. The molecule has 4 rings (SSSR count). The van der Waals surface area contributed by atoms with E-state index >= 15 is 0 Å². The second kappa shape index (κ2) is 8.29. The zero-order valence-electron chi connectivity index (χ0n) is 20.5. The van der Waals surface area contributed by atoms with E-state index in [1.165, 1.54) is 6.92 Å². The Kier molecular flexibility index (Phi) is 5.95. The van der Waals surface area contributed by atoms with Gasteiger partial charge in [0, 0.05) is 23.8 Å². The molecule has 0 bridgehead atoms. The van der Waals surface area contributed by atoms with Gasteiger partial charge < -0.3 is 10.2 Å². The molecule has 1 aromatic rings. The van der Waals surface area contributed by atoms with Crippen molar-refractivity contribution in [3.8, 4) is 5.75 Å². The van der Waals surface area contributed by atoms with E-state index in [1.54, 1.807) is 26.8 Å². The van der Waals surface area contributed by atoms with Crippen LogP contribution in [0.25, 0.3) is 0 Å². The third kappa shape index (κ3) is 3.44. The number of Topliss-reactive ketones (excluding diaryl/α,β-unsaturated/α-hetero) is 6. The van der Waals surface area contributed by atoms with Crippen molar-refractivity contribution >= 4 is 34.7 Å². The minimum absolute atomic E-state index is 0.0548. The Labute approximate surface area is 203 Å². The van der Waals surface area contributed by atoms with Crippen LogP contribution in [-0.4, -0.2) is 50.5 Å². The fraction of sp³-hybridized carbons (Fsp3) is 0.556. The molecule has 2 fully saturated rings. The summed E-state index contributed by atoms with van der Waals surface area (Å²) in [4.78, 5) is 77.9. The first-order chi connectivity index (χ1) is 16.2. The first kappa shape index (κ1) is 25.1. The van der Waals surface area contributed by atoms with Gasteiger partial charge in [0.05, 0.1) is 11.5 Å². The van der Waals surface area contributed by atoms with Crippen molar-refractivity contribution in [2.24, 2.45) is 35.5 Å². The SMILES string of the molecule is CC(=O)Cc1cc(C)c2c(c1O)C(=O)C1C(=O)[C@@]3(O)C(=O)C(C(C)=O)C(=O)C(C(C)C)C3CC1C2. The van der Waals surface area contributed by atoms with Gasteiger partial charge in [-0.3, -0.25) is 28.8 Å². The predicted molar refractivity (Wildman–Crippen MR) is 123 cm³/mol. The number of carbonyl (C=O) groups is 6. The summed E-state index contributed by atoms with van der Waals surface area (Å²) < 4.78 is 0. The summed E-state index contributed by atoms with van der Waals surface area (Å²) in [7, 11) is 0. The van der Waals surface area contributed by atoms with Gasteiger partial charge in [-0.1, -0.05) is 19.9 Å². The van der Waals surface area contributed by atoms with Gasteiger partial charge in [0.15, 0.2) is 28.7 Å². The number of aliphatic hydroxyl groups is 1. The average Bonchev–Trinajstić information content (AvgIpc) is 2.73. The molecule has 0 aliphatic heterocycles. The first-order valence-corrected chi connectivity index (χ1v) is 12.0. The largest absolute Gasteiger partial charge is 0.507 e. The van der Waals surface area contributed by atoms with Crippen molar-refractivity contribution in [1.82, 2.24) is 0 Å². The van der Waals surface area contributed by atoms with Crippen LogP contribution in [0.4, 0.5) is 0 Å². The zero-order chi connectivity index (χ0) is 26.1. The lowest BCUT2D eigenvalue weighted by atomic mass is 9.49. The summed E-state index contributed by atoms with van der Waals surface area (Å²) in [5, 5.41) is 22.5. The molecule has 8 heteroatoms. The Morgan fingerprint density at radius 3 is 2.29 bits per heavy atom. The van der Waals surface area contributed by atoms with Crippen LogP contribution in [0.15, 0.2) is 6.07 Å². The molecule has 0 heterocycles. The van der Waals surface area contributed by atoms with Crippen molar-refractivity contribution in [2.75, 3.05) is 0 Å². The van der Waals surface area contributed by atoms with Gasteiger partial charge in [0.1, 0.15) is 23.2 Å². The number of aryl methyl sites for hydroxylation is 1. The molecule has 186 valence electrons. The molecule has 6 atom stereocenters. The Balaban J connectivity index is 1.87. The first-order valence-electron chi connectivity index (χ1n) is 12.0. The summed E-state index contributed by atoms with van der Waals surface area (Å²) in [5.41, 5.74) is -1.15. The number of carbonyl (C=O) groups excluding carboxylic acids is 6. The predicted octanol–water partition coefficient (Wildman–Crippen LogP) is 1.75. The van der Waals surface area contributed by atoms with Crippen molar-refractivity contribution in [3.63, 3.8) is 0 Å². The quantitative estimate of drug-likeness (QED) is 0.618. The molecule has 3 aliphatic rings. The van der Waals surface area contributed by atoms with Crippen molar-refractivity contribution < 1.29 is 39.0 Å². The Bertz CT molecular complexity index is 1210. The van der Waals surface area contributed by atoms with Gasteiger partial charge in [-0.05, 0) is 56.6 Å². The van der Waals surface area contributed by atoms with E-state index < -0.39 is 64.1 Å². The van der Waals surface area contributed by atoms with Gasteiger partial charge in [0.2, 0.25) is 0 Å². The number of fused-ring (bicyclic) bond motifs is 3. The Morgan fingerprint density at radius 2 is 1.74 bits per heavy atom. The summed E-state index contributed by atoms with van der Waals surface area (Å²) >= 11 is 0. The summed E-state index contributed by atoms with van der Waals surface area (Å²) in [6.45, 7) is 7.69. The number of hydrogen-bond donors (Lipinski definition) is 2. The maximum Gasteiger partial charge on any atom is 0.190 e. The number of hydrogen-bond acceptors (Lipinski definition) is 8. The van der Waals surface area contributed by atoms with Crippen molar-refractivity contribution in [1.29, 1.82) is 0 Å². The van der Waals surface area contributed by atoms with E-state index in [0.29, 0.717) is 11.1 Å². The van der Waals surface area contributed by atoms with Crippen LogP contribution in [0.5, 0.6) is 5.75 Å². The van der Waals surface area contributed by atoms with Crippen LogP contribution in [0, 0.1) is 42.4 Å². The molecular weight excluding hydrogens is 452 g/mol. The van der Waals surface area contributed by atoms with Gasteiger partial charge in [-0.15, -0.1) is 0 Å². The molecule has 8 nitrogen and oxygen atoms in total. The van der Waals surface area contributed by atoms with Crippen LogP contribution in [0.3, 0.4) is 0 Å². The Morgan fingerprint density at radius 1 is 1.11 bits per heavy atom. The number of phenols is 1.